The van der Waals surface area contributed by atoms with Gasteiger partial charge in [-0.05, 0) is 49.4 Å². The maximum Gasteiger partial charge on any atom is 0.250 e. The summed E-state index contributed by atoms with van der Waals surface area (Å²) < 4.78 is 23.5. The Morgan fingerprint density at radius 2 is 1.60 bits per heavy atom. The van der Waals surface area contributed by atoms with Crippen LogP contribution in [0.1, 0.15) is 12.5 Å². The molecule has 0 spiro atoms. The fourth-order valence-corrected chi connectivity index (χ4v) is 4.59. The van der Waals surface area contributed by atoms with Crippen LogP contribution in [0.5, 0.6) is 28.7 Å². The first-order valence-corrected chi connectivity index (χ1v) is 13.0. The fraction of sp³-hybridized carbons (Fsp3) is 0.214. The van der Waals surface area contributed by atoms with Gasteiger partial charge < -0.3 is 24.1 Å². The summed E-state index contributed by atoms with van der Waals surface area (Å²) in [5.41, 5.74) is 5.31. The summed E-state index contributed by atoms with van der Waals surface area (Å²) in [6.45, 7) is 1.74. The van der Waals surface area contributed by atoms with E-state index in [-0.39, 0.29) is 17.4 Å². The monoisotopic (exact) mass is 563 g/mol. The Morgan fingerprint density at radius 1 is 0.925 bits per heavy atom. The number of carbonyl (C=O) groups is 1. The number of hydrogen-bond donors (Lipinski definition) is 2. The summed E-state index contributed by atoms with van der Waals surface area (Å²) in [7, 11) is 6.10. The van der Waals surface area contributed by atoms with Gasteiger partial charge in [-0.1, -0.05) is 30.0 Å². The van der Waals surface area contributed by atoms with E-state index in [2.05, 4.69) is 20.7 Å². The highest BCUT2D eigenvalue weighted by Gasteiger charge is 2.21. The summed E-state index contributed by atoms with van der Waals surface area (Å²) in [6, 6.07) is 18.0. The summed E-state index contributed by atoms with van der Waals surface area (Å²) in [5, 5.41) is 23.3. The van der Waals surface area contributed by atoms with Crippen LogP contribution in [-0.4, -0.2) is 65.7 Å². The van der Waals surface area contributed by atoms with E-state index in [9.17, 15) is 9.90 Å². The molecule has 12 heteroatoms. The molecule has 0 radical (unpaired) electrons. The Bertz CT molecular complexity index is 1500. The molecule has 1 amide bonds. The Kier molecular flexibility index (Phi) is 9.12. The van der Waals surface area contributed by atoms with Gasteiger partial charge in [0.25, 0.3) is 5.91 Å². The lowest BCUT2D eigenvalue weighted by molar-refractivity contribution is -0.118. The number of phenols is 1. The van der Waals surface area contributed by atoms with Crippen molar-refractivity contribution in [3.8, 4) is 45.8 Å². The molecule has 0 fully saturated rings. The summed E-state index contributed by atoms with van der Waals surface area (Å²) in [5.74, 6) is 2.00. The lowest BCUT2D eigenvalue weighted by Gasteiger charge is -2.15. The standard InChI is InChI=1S/C28H29N5O6S/c1-17(18-11-12-21(34)22(13-18)36-2)29-30-25(35)16-40-28-32-31-27(33(28)20-9-7-6-8-10-20)19-14-23(37-3)26(39-5)24(15-19)38-4/h6-15,34H,16H2,1-5H3,(H,30,35)/b29-17-. The van der Waals surface area contributed by atoms with E-state index in [1.807, 2.05) is 34.9 Å². The van der Waals surface area contributed by atoms with E-state index in [0.717, 1.165) is 5.69 Å². The maximum atomic E-state index is 12.7. The number of nitrogens with zero attached hydrogens (tertiary/aromatic N) is 4. The predicted molar refractivity (Wildman–Crippen MR) is 152 cm³/mol. The first-order valence-electron chi connectivity index (χ1n) is 12.0. The predicted octanol–water partition coefficient (Wildman–Crippen LogP) is 4.31. The van der Waals surface area contributed by atoms with Crippen molar-refractivity contribution in [1.82, 2.24) is 20.2 Å². The number of phenolic OH excluding ortho intramolecular Hbond substituents is 1. The van der Waals surface area contributed by atoms with Crippen LogP contribution in [0.25, 0.3) is 17.1 Å². The quantitative estimate of drug-likeness (QED) is 0.156. The van der Waals surface area contributed by atoms with E-state index >= 15 is 0 Å². The molecule has 1 heterocycles. The number of hydrogen-bond acceptors (Lipinski definition) is 10. The zero-order chi connectivity index (χ0) is 28.6. The molecule has 0 aliphatic carbocycles. The number of aromatic nitrogens is 3. The number of para-hydroxylation sites is 1. The minimum atomic E-state index is -0.327. The molecule has 3 aromatic carbocycles. The molecule has 0 bridgehead atoms. The molecule has 0 unspecified atom stereocenters. The molecule has 11 nitrogen and oxygen atoms in total. The van der Waals surface area contributed by atoms with Crippen molar-refractivity contribution >= 4 is 23.4 Å². The second kappa shape index (κ2) is 12.9. The van der Waals surface area contributed by atoms with Crippen molar-refractivity contribution in [2.24, 2.45) is 5.10 Å². The Hall–Kier alpha value is -4.71. The zero-order valence-electron chi connectivity index (χ0n) is 22.7. The van der Waals surface area contributed by atoms with Crippen LogP contribution in [0.2, 0.25) is 0 Å². The summed E-state index contributed by atoms with van der Waals surface area (Å²) in [6.07, 6.45) is 0. The molecule has 4 aromatic rings. The number of ether oxygens (including phenoxy) is 4. The molecule has 0 aliphatic rings. The van der Waals surface area contributed by atoms with E-state index in [4.69, 9.17) is 18.9 Å². The van der Waals surface area contributed by atoms with Crippen molar-refractivity contribution in [3.63, 3.8) is 0 Å². The van der Waals surface area contributed by atoms with Gasteiger partial charge in [-0.25, -0.2) is 5.43 Å². The van der Waals surface area contributed by atoms with Crippen molar-refractivity contribution in [1.29, 1.82) is 0 Å². The third kappa shape index (κ3) is 6.12. The minimum absolute atomic E-state index is 0.0212. The van der Waals surface area contributed by atoms with Crippen molar-refractivity contribution < 1.29 is 28.8 Å². The van der Waals surface area contributed by atoms with Crippen molar-refractivity contribution in [2.75, 3.05) is 34.2 Å². The number of thioether (sulfide) groups is 1. The highest BCUT2D eigenvalue weighted by molar-refractivity contribution is 7.99. The largest absolute Gasteiger partial charge is 0.504 e. The number of nitrogens with one attached hydrogen (secondary N) is 1. The molecule has 1 aromatic heterocycles. The second-order valence-electron chi connectivity index (χ2n) is 8.30. The first-order chi connectivity index (χ1) is 19.4. The number of methoxy groups -OCH3 is 4. The van der Waals surface area contributed by atoms with Crippen LogP contribution in [0, 0.1) is 0 Å². The van der Waals surface area contributed by atoms with Crippen LogP contribution in [0.3, 0.4) is 0 Å². The molecular formula is C28H29N5O6S. The molecule has 0 atom stereocenters. The number of rotatable bonds is 11. The number of aromatic hydroxyl groups is 1. The van der Waals surface area contributed by atoms with Gasteiger partial charge in [-0.3, -0.25) is 9.36 Å². The fourth-order valence-electron chi connectivity index (χ4n) is 3.85. The van der Waals surface area contributed by atoms with Crippen LogP contribution in [0.4, 0.5) is 0 Å². The van der Waals surface area contributed by atoms with Gasteiger partial charge in [0.15, 0.2) is 34.0 Å². The molecule has 0 aliphatic heterocycles. The molecule has 2 N–H and O–H groups in total. The van der Waals surface area contributed by atoms with Gasteiger partial charge in [-0.2, -0.15) is 5.10 Å². The number of amides is 1. The minimum Gasteiger partial charge on any atom is -0.504 e. The second-order valence-corrected chi connectivity index (χ2v) is 9.24. The van der Waals surface area contributed by atoms with E-state index in [1.165, 1.54) is 24.9 Å². The lowest BCUT2D eigenvalue weighted by Crippen LogP contribution is -2.21. The summed E-state index contributed by atoms with van der Waals surface area (Å²) >= 11 is 1.22. The third-order valence-electron chi connectivity index (χ3n) is 5.85. The average molecular weight is 564 g/mol. The smallest absolute Gasteiger partial charge is 0.250 e. The van der Waals surface area contributed by atoms with E-state index < -0.39 is 0 Å². The van der Waals surface area contributed by atoms with Gasteiger partial charge in [-0.15, -0.1) is 10.2 Å². The molecule has 0 saturated carbocycles. The van der Waals surface area contributed by atoms with Crippen LogP contribution in [0.15, 0.2) is 70.9 Å². The maximum absolute atomic E-state index is 12.7. The first kappa shape index (κ1) is 28.3. The van der Waals surface area contributed by atoms with Gasteiger partial charge in [0.1, 0.15) is 0 Å². The van der Waals surface area contributed by atoms with Crippen molar-refractivity contribution in [3.05, 3.63) is 66.2 Å². The van der Waals surface area contributed by atoms with Crippen LogP contribution < -0.4 is 24.4 Å². The number of carbonyl (C=O) groups excluding carboxylic acids is 1. The normalized spacial score (nSPS) is 11.2. The van der Waals surface area contributed by atoms with Gasteiger partial charge >= 0.3 is 0 Å². The number of benzene rings is 3. The highest BCUT2D eigenvalue weighted by atomic mass is 32.2. The third-order valence-corrected chi connectivity index (χ3v) is 6.78. The van der Waals surface area contributed by atoms with Gasteiger partial charge in [0.05, 0.1) is 39.9 Å². The lowest BCUT2D eigenvalue weighted by atomic mass is 10.1. The Balaban J connectivity index is 1.59. The van der Waals surface area contributed by atoms with Crippen molar-refractivity contribution in [2.45, 2.75) is 12.1 Å². The van der Waals surface area contributed by atoms with Crippen LogP contribution >= 0.6 is 11.8 Å². The summed E-state index contributed by atoms with van der Waals surface area (Å²) in [4.78, 5) is 12.7. The van der Waals surface area contributed by atoms with E-state index in [0.29, 0.717) is 50.8 Å². The zero-order valence-corrected chi connectivity index (χ0v) is 23.5. The highest BCUT2D eigenvalue weighted by Crippen LogP contribution is 2.41. The number of hydrazone groups is 1. The average Bonchev–Trinajstić information content (AvgIpc) is 3.42. The van der Waals surface area contributed by atoms with Gasteiger partial charge in [0, 0.05) is 16.8 Å². The Labute approximate surface area is 235 Å². The molecule has 208 valence electrons. The van der Waals surface area contributed by atoms with E-state index in [1.54, 1.807) is 52.5 Å². The molecule has 40 heavy (non-hydrogen) atoms. The van der Waals surface area contributed by atoms with Gasteiger partial charge in [0.2, 0.25) is 5.75 Å². The molecular weight excluding hydrogens is 534 g/mol. The SMILES string of the molecule is COc1cc(/C(C)=N\NC(=O)CSc2nnc(-c3cc(OC)c(OC)c(OC)c3)n2-c2ccccc2)ccc1O. The molecule has 4 rings (SSSR count). The van der Waals surface area contributed by atoms with Crippen LogP contribution in [-0.2, 0) is 4.79 Å². The Morgan fingerprint density at radius 3 is 2.23 bits per heavy atom. The molecule has 0 saturated heterocycles. The topological polar surface area (TPSA) is 129 Å².